The van der Waals surface area contributed by atoms with Crippen LogP contribution in [0.4, 0.5) is 5.69 Å². The van der Waals surface area contributed by atoms with Crippen LogP contribution in [0.15, 0.2) is 36.4 Å². The van der Waals surface area contributed by atoms with Gasteiger partial charge in [-0.15, -0.1) is 0 Å². The Kier molecular flexibility index (Phi) is 6.19. The molecule has 1 N–H and O–H groups in total. The molecular formula is C25H29N5O4. The summed E-state index contributed by atoms with van der Waals surface area (Å²) in [6, 6.07) is 11.4. The van der Waals surface area contributed by atoms with Crippen molar-refractivity contribution in [3.05, 3.63) is 47.8 Å². The summed E-state index contributed by atoms with van der Waals surface area (Å²) in [6.07, 6.45) is 3.31. The lowest BCUT2D eigenvalue weighted by Gasteiger charge is -2.36. The number of piperazine rings is 1. The Balaban J connectivity index is 1.57. The van der Waals surface area contributed by atoms with Crippen molar-refractivity contribution in [1.82, 2.24) is 19.7 Å². The van der Waals surface area contributed by atoms with Crippen LogP contribution in [0.3, 0.4) is 0 Å². The summed E-state index contributed by atoms with van der Waals surface area (Å²) in [5.41, 5.74) is 3.24. The molecule has 178 valence electrons. The lowest BCUT2D eigenvalue weighted by atomic mass is 9.82. The van der Waals surface area contributed by atoms with Crippen molar-refractivity contribution >= 4 is 28.6 Å². The van der Waals surface area contributed by atoms with Gasteiger partial charge in [0.05, 0.1) is 22.5 Å². The Morgan fingerprint density at radius 3 is 2.47 bits per heavy atom. The average molecular weight is 464 g/mol. The maximum atomic E-state index is 12.4. The Labute approximate surface area is 197 Å². The molecule has 34 heavy (non-hydrogen) atoms. The molecule has 1 amide bonds. The zero-order valence-electron chi connectivity index (χ0n) is 19.3. The van der Waals surface area contributed by atoms with E-state index >= 15 is 0 Å². The van der Waals surface area contributed by atoms with Crippen molar-refractivity contribution < 1.29 is 19.4 Å². The monoisotopic (exact) mass is 463 g/mol. The normalized spacial score (nSPS) is 16.6. The first-order valence-electron chi connectivity index (χ1n) is 11.9. The number of amides is 1. The largest absolute Gasteiger partial charge is 0.477 e. The summed E-state index contributed by atoms with van der Waals surface area (Å²) in [4.78, 5) is 32.9. The number of benzene rings is 1. The van der Waals surface area contributed by atoms with Gasteiger partial charge in [-0.2, -0.15) is 5.10 Å². The van der Waals surface area contributed by atoms with Crippen LogP contribution in [0.5, 0.6) is 0 Å². The first-order valence-corrected chi connectivity index (χ1v) is 11.9. The quantitative estimate of drug-likeness (QED) is 0.575. The molecule has 3 aromatic rings. The van der Waals surface area contributed by atoms with E-state index in [0.29, 0.717) is 44.4 Å². The molecule has 1 saturated carbocycles. The van der Waals surface area contributed by atoms with Gasteiger partial charge in [0.2, 0.25) is 5.91 Å². The summed E-state index contributed by atoms with van der Waals surface area (Å²) in [5, 5.41) is 15.7. The molecule has 2 aliphatic rings. The van der Waals surface area contributed by atoms with Gasteiger partial charge in [0.25, 0.3) is 0 Å². The summed E-state index contributed by atoms with van der Waals surface area (Å²) in [5.74, 6) is -0.739. The molecule has 0 bridgehead atoms. The summed E-state index contributed by atoms with van der Waals surface area (Å²) in [7, 11) is 0. The number of carbonyl (C=O) groups excluding carboxylic acids is 1. The van der Waals surface area contributed by atoms with Gasteiger partial charge in [-0.3, -0.25) is 4.79 Å². The van der Waals surface area contributed by atoms with Crippen molar-refractivity contribution in [2.45, 2.75) is 32.1 Å². The molecule has 0 radical (unpaired) electrons. The number of pyridine rings is 1. The number of carbonyl (C=O) groups is 2. The molecule has 5 rings (SSSR count). The highest BCUT2D eigenvalue weighted by atomic mass is 16.5. The van der Waals surface area contributed by atoms with E-state index in [1.54, 1.807) is 10.7 Å². The predicted molar refractivity (Wildman–Crippen MR) is 128 cm³/mol. The fourth-order valence-electron chi connectivity index (χ4n) is 4.68. The first-order chi connectivity index (χ1) is 16.6. The van der Waals surface area contributed by atoms with E-state index in [1.165, 1.54) is 6.42 Å². The van der Waals surface area contributed by atoms with Crippen molar-refractivity contribution in [2.75, 3.05) is 44.3 Å². The van der Waals surface area contributed by atoms with Crippen molar-refractivity contribution in [1.29, 1.82) is 0 Å². The number of hydrogen-bond acceptors (Lipinski definition) is 6. The minimum Gasteiger partial charge on any atom is -0.477 e. The highest BCUT2D eigenvalue weighted by Gasteiger charge is 2.31. The van der Waals surface area contributed by atoms with Gasteiger partial charge in [-0.05, 0) is 38.0 Å². The zero-order valence-corrected chi connectivity index (χ0v) is 19.3. The van der Waals surface area contributed by atoms with E-state index in [1.807, 2.05) is 42.2 Å². The SMILES string of the molecule is CCOCC(=O)N1CCN(c2cc(C(=O)O)nc3c2c(C2CCC2)nn3-c2ccccc2)CC1. The molecule has 9 nitrogen and oxygen atoms in total. The Bertz CT molecular complexity index is 1200. The van der Waals surface area contributed by atoms with Crippen LogP contribution >= 0.6 is 0 Å². The van der Waals surface area contributed by atoms with Gasteiger partial charge < -0.3 is 19.6 Å². The Hall–Kier alpha value is -3.46. The zero-order chi connectivity index (χ0) is 23.7. The van der Waals surface area contributed by atoms with E-state index in [0.717, 1.165) is 35.3 Å². The van der Waals surface area contributed by atoms with E-state index in [-0.39, 0.29) is 18.2 Å². The minimum atomic E-state index is -1.07. The average Bonchev–Trinajstić information content (AvgIpc) is 3.20. The number of aromatic nitrogens is 3. The predicted octanol–water partition coefficient (Wildman–Crippen LogP) is 3.07. The molecular weight excluding hydrogens is 434 g/mol. The molecule has 1 aromatic carbocycles. The third kappa shape index (κ3) is 4.11. The summed E-state index contributed by atoms with van der Waals surface area (Å²) < 4.78 is 7.05. The Morgan fingerprint density at radius 1 is 1.12 bits per heavy atom. The fourth-order valence-corrected chi connectivity index (χ4v) is 4.68. The minimum absolute atomic E-state index is 0.00501. The van der Waals surface area contributed by atoms with Crippen LogP contribution < -0.4 is 4.90 Å². The molecule has 1 aliphatic carbocycles. The molecule has 0 unspecified atom stereocenters. The number of rotatable bonds is 7. The highest BCUT2D eigenvalue weighted by Crippen LogP contribution is 2.42. The van der Waals surface area contributed by atoms with Gasteiger partial charge in [0.15, 0.2) is 11.3 Å². The van der Waals surface area contributed by atoms with Gasteiger partial charge >= 0.3 is 5.97 Å². The third-order valence-corrected chi connectivity index (χ3v) is 6.76. The van der Waals surface area contributed by atoms with Crippen LogP contribution in [0, 0.1) is 0 Å². The summed E-state index contributed by atoms with van der Waals surface area (Å²) in [6.45, 7) is 4.80. The van der Waals surface area contributed by atoms with E-state index in [9.17, 15) is 14.7 Å². The lowest BCUT2D eigenvalue weighted by Crippen LogP contribution is -2.50. The maximum absolute atomic E-state index is 12.4. The smallest absolute Gasteiger partial charge is 0.354 e. The molecule has 9 heteroatoms. The Morgan fingerprint density at radius 2 is 1.85 bits per heavy atom. The highest BCUT2D eigenvalue weighted by molar-refractivity contribution is 5.98. The van der Waals surface area contributed by atoms with Gasteiger partial charge in [0.1, 0.15) is 6.61 Å². The number of carboxylic acids is 1. The number of para-hydroxylation sites is 1. The standard InChI is InChI=1S/C25H29N5O4/c1-2-34-16-21(31)29-13-11-28(12-14-29)20-15-19(25(32)33)26-24-22(20)23(17-7-6-8-17)27-30(24)18-9-4-3-5-10-18/h3-5,9-10,15,17H,2,6-8,11-14,16H2,1H3,(H,32,33). The van der Waals surface area contributed by atoms with Crippen molar-refractivity contribution in [2.24, 2.45) is 0 Å². The molecule has 1 aliphatic heterocycles. The first kappa shape index (κ1) is 22.3. The molecule has 1 saturated heterocycles. The van der Waals surface area contributed by atoms with E-state index < -0.39 is 5.97 Å². The summed E-state index contributed by atoms with van der Waals surface area (Å²) >= 11 is 0. The number of ether oxygens (including phenoxy) is 1. The third-order valence-electron chi connectivity index (χ3n) is 6.76. The molecule has 2 aromatic heterocycles. The number of fused-ring (bicyclic) bond motifs is 1. The number of aromatic carboxylic acids is 1. The second kappa shape index (κ2) is 9.42. The topological polar surface area (TPSA) is 101 Å². The van der Waals surface area contributed by atoms with Gasteiger partial charge in [0, 0.05) is 38.7 Å². The second-order valence-corrected chi connectivity index (χ2v) is 8.80. The number of carboxylic acid groups (broad SMARTS) is 1. The van der Waals surface area contributed by atoms with Gasteiger partial charge in [-0.25, -0.2) is 14.5 Å². The van der Waals surface area contributed by atoms with Crippen molar-refractivity contribution in [3.63, 3.8) is 0 Å². The van der Waals surface area contributed by atoms with E-state index in [4.69, 9.17) is 9.84 Å². The van der Waals surface area contributed by atoms with Crippen LogP contribution in [0.2, 0.25) is 0 Å². The number of nitrogens with zero attached hydrogens (tertiary/aromatic N) is 5. The molecule has 0 atom stereocenters. The van der Waals surface area contributed by atoms with Crippen molar-refractivity contribution in [3.8, 4) is 5.69 Å². The van der Waals surface area contributed by atoms with Crippen LogP contribution in [0.1, 0.15) is 48.3 Å². The van der Waals surface area contributed by atoms with Crippen LogP contribution in [0.25, 0.3) is 16.7 Å². The fraction of sp³-hybridized carbons (Fsp3) is 0.440. The second-order valence-electron chi connectivity index (χ2n) is 8.80. The maximum Gasteiger partial charge on any atom is 0.354 e. The van der Waals surface area contributed by atoms with Crippen LogP contribution in [-0.4, -0.2) is 76.0 Å². The molecule has 2 fully saturated rings. The van der Waals surface area contributed by atoms with E-state index in [2.05, 4.69) is 9.88 Å². The van der Waals surface area contributed by atoms with Gasteiger partial charge in [-0.1, -0.05) is 24.6 Å². The number of hydrogen-bond donors (Lipinski definition) is 1. The molecule has 3 heterocycles. The van der Waals surface area contributed by atoms with Crippen LogP contribution in [-0.2, 0) is 9.53 Å². The lowest BCUT2D eigenvalue weighted by molar-refractivity contribution is -0.136. The molecule has 0 spiro atoms. The number of anilines is 1.